The zero-order valence-corrected chi connectivity index (χ0v) is 19.6. The Morgan fingerprint density at radius 3 is 1.46 bits per heavy atom. The second kappa shape index (κ2) is 11.0. The molecule has 0 atom stereocenters. The molecule has 0 radical (unpaired) electrons. The van der Waals surface area contributed by atoms with Gasteiger partial charge in [-0.15, -0.1) is 0 Å². The summed E-state index contributed by atoms with van der Waals surface area (Å²) in [5.74, 6) is 0.364. The van der Waals surface area contributed by atoms with Gasteiger partial charge < -0.3 is 14.3 Å². The number of anilines is 2. The highest BCUT2D eigenvalue weighted by atomic mass is 16.5. The maximum absolute atomic E-state index is 11.9. The summed E-state index contributed by atoms with van der Waals surface area (Å²) in [5.41, 5.74) is 0.865. The van der Waals surface area contributed by atoms with Crippen molar-refractivity contribution in [3.05, 3.63) is 97.1 Å². The van der Waals surface area contributed by atoms with Gasteiger partial charge in [0.15, 0.2) is 0 Å². The lowest BCUT2D eigenvalue weighted by Crippen LogP contribution is -2.29. The highest BCUT2D eigenvalue weighted by Gasteiger charge is 2.26. The van der Waals surface area contributed by atoms with E-state index in [9.17, 15) is 19.2 Å². The van der Waals surface area contributed by atoms with E-state index in [1.54, 1.807) is 72.8 Å². The molecule has 3 aromatic rings. The molecule has 9 nitrogen and oxygen atoms in total. The van der Waals surface area contributed by atoms with Gasteiger partial charge in [0.1, 0.15) is 29.3 Å². The van der Waals surface area contributed by atoms with Crippen molar-refractivity contribution in [2.75, 3.05) is 9.80 Å². The molecule has 0 aliphatic carbocycles. The third-order valence-corrected chi connectivity index (χ3v) is 5.07. The van der Waals surface area contributed by atoms with E-state index < -0.39 is 11.8 Å². The van der Waals surface area contributed by atoms with E-state index in [0.717, 1.165) is 16.1 Å². The van der Waals surface area contributed by atoms with Crippen LogP contribution in [-0.4, -0.2) is 29.9 Å². The molecule has 0 spiro atoms. The van der Waals surface area contributed by atoms with Crippen LogP contribution in [0, 0.1) is 0 Å². The number of aldehydes is 1. The molecule has 2 heterocycles. The van der Waals surface area contributed by atoms with Gasteiger partial charge in [0.2, 0.25) is 0 Å². The first-order chi connectivity index (χ1) is 17.9. The molecule has 3 aromatic carbocycles. The molecule has 0 unspecified atom stereocenters. The van der Waals surface area contributed by atoms with E-state index in [0.29, 0.717) is 34.4 Å². The van der Waals surface area contributed by atoms with Crippen molar-refractivity contribution in [3.63, 3.8) is 0 Å². The molecule has 5 rings (SSSR count). The lowest BCUT2D eigenvalue weighted by atomic mass is 10.2. The van der Waals surface area contributed by atoms with Gasteiger partial charge in [0.05, 0.1) is 11.4 Å². The summed E-state index contributed by atoms with van der Waals surface area (Å²) in [4.78, 5) is 58.4. The topological polar surface area (TPSA) is 110 Å². The number of nitrogens with zero attached hydrogens (tertiary/aromatic N) is 2. The van der Waals surface area contributed by atoms with Crippen molar-refractivity contribution in [2.24, 2.45) is 0 Å². The van der Waals surface area contributed by atoms with Crippen LogP contribution >= 0.6 is 0 Å². The van der Waals surface area contributed by atoms with Crippen molar-refractivity contribution in [1.82, 2.24) is 0 Å². The van der Waals surface area contributed by atoms with Crippen molar-refractivity contribution in [3.8, 4) is 23.0 Å². The van der Waals surface area contributed by atoms with Crippen LogP contribution in [0.25, 0.3) is 0 Å². The normalized spacial score (nSPS) is 14.1. The van der Waals surface area contributed by atoms with Gasteiger partial charge in [-0.25, -0.2) is 9.80 Å². The third kappa shape index (κ3) is 5.68. The van der Waals surface area contributed by atoms with Crippen LogP contribution in [0.4, 0.5) is 11.4 Å². The molecule has 37 heavy (non-hydrogen) atoms. The van der Waals surface area contributed by atoms with Crippen molar-refractivity contribution in [1.29, 1.82) is 0 Å². The molecule has 2 aliphatic rings. The fourth-order valence-corrected chi connectivity index (χ4v) is 3.53. The summed E-state index contributed by atoms with van der Waals surface area (Å²) < 4.78 is 11.8. The molecule has 0 N–H and O–H groups in total. The molecular formula is C28H20N2O7. The molecular weight excluding hydrogens is 476 g/mol. The van der Waals surface area contributed by atoms with Gasteiger partial charge in [-0.2, -0.15) is 0 Å². The molecule has 184 valence electrons. The minimum atomic E-state index is -0.404. The fraction of sp³-hybridized carbons (Fsp3) is 0.0357. The Bertz CT molecular complexity index is 1400. The standard InChI is InChI=1S/C26H16N2O6.C2H4O/c29-23-11-12-24(30)27(23)17-7-9-19(10-8-17)33-21-5-2-6-22(16-21)34-20-4-1-3-18(15-20)28-25(31)13-14-26(28)32;1-2-3/h1-16H;2H,1H3. The Morgan fingerprint density at radius 2 is 0.946 bits per heavy atom. The number of hydrogen-bond donors (Lipinski definition) is 0. The Morgan fingerprint density at radius 1 is 0.541 bits per heavy atom. The molecule has 2 aliphatic heterocycles. The van der Waals surface area contributed by atoms with Crippen LogP contribution in [0.5, 0.6) is 23.0 Å². The molecule has 0 saturated heterocycles. The highest BCUT2D eigenvalue weighted by Crippen LogP contribution is 2.31. The molecule has 0 bridgehead atoms. The molecule has 0 fully saturated rings. The molecule has 0 saturated carbocycles. The molecule has 9 heteroatoms. The van der Waals surface area contributed by atoms with Crippen LogP contribution < -0.4 is 19.3 Å². The largest absolute Gasteiger partial charge is 0.457 e. The minimum Gasteiger partial charge on any atom is -0.457 e. The number of imide groups is 2. The average molecular weight is 496 g/mol. The summed E-state index contributed by atoms with van der Waals surface area (Å²) in [6.45, 7) is 1.44. The van der Waals surface area contributed by atoms with E-state index in [4.69, 9.17) is 14.3 Å². The lowest BCUT2D eigenvalue weighted by molar-refractivity contribution is -0.121. The quantitative estimate of drug-likeness (QED) is 0.369. The minimum absolute atomic E-state index is 0.387. The van der Waals surface area contributed by atoms with Crippen molar-refractivity contribution < 1.29 is 33.4 Å². The van der Waals surface area contributed by atoms with Crippen LogP contribution in [0.1, 0.15) is 6.92 Å². The maximum Gasteiger partial charge on any atom is 0.258 e. The SMILES string of the molecule is CC=O.O=C1C=CC(=O)N1c1ccc(Oc2cccc(Oc3cccc(N4C(=O)C=CC4=O)c3)c2)cc1. The highest BCUT2D eigenvalue weighted by molar-refractivity contribution is 6.28. The summed E-state index contributed by atoms with van der Waals surface area (Å²) in [6, 6.07) is 20.2. The number of ether oxygens (including phenoxy) is 2. The van der Waals surface area contributed by atoms with E-state index in [2.05, 4.69) is 0 Å². The van der Waals surface area contributed by atoms with Gasteiger partial charge in [0, 0.05) is 36.4 Å². The van der Waals surface area contributed by atoms with Gasteiger partial charge >= 0.3 is 0 Å². The van der Waals surface area contributed by atoms with Crippen LogP contribution in [0.15, 0.2) is 97.1 Å². The summed E-state index contributed by atoms with van der Waals surface area (Å²) in [6.07, 6.45) is 5.65. The predicted octanol–water partition coefficient (Wildman–Crippen LogP) is 4.34. The van der Waals surface area contributed by atoms with Gasteiger partial charge in [0.25, 0.3) is 23.6 Å². The zero-order valence-electron chi connectivity index (χ0n) is 19.6. The number of carbonyl (C=O) groups is 5. The van der Waals surface area contributed by atoms with Crippen molar-refractivity contribution >= 4 is 41.3 Å². The number of hydrogen-bond acceptors (Lipinski definition) is 7. The number of carbonyl (C=O) groups excluding carboxylic acids is 5. The lowest BCUT2D eigenvalue weighted by Gasteiger charge is -2.15. The maximum atomic E-state index is 11.9. The first-order valence-corrected chi connectivity index (χ1v) is 11.1. The number of benzene rings is 3. The number of amides is 4. The molecule has 0 aromatic heterocycles. The van der Waals surface area contributed by atoms with Gasteiger partial charge in [-0.05, 0) is 55.5 Å². The Labute approximate surface area is 211 Å². The third-order valence-electron chi connectivity index (χ3n) is 5.07. The van der Waals surface area contributed by atoms with Gasteiger partial charge in [-0.3, -0.25) is 19.2 Å². The zero-order chi connectivity index (χ0) is 26.4. The fourth-order valence-electron chi connectivity index (χ4n) is 3.53. The second-order valence-electron chi connectivity index (χ2n) is 7.60. The van der Waals surface area contributed by atoms with Gasteiger partial charge in [-0.1, -0.05) is 12.1 Å². The smallest absolute Gasteiger partial charge is 0.258 e. The molecule has 4 amide bonds. The summed E-state index contributed by atoms with van der Waals surface area (Å²) >= 11 is 0. The van der Waals surface area contributed by atoms with Crippen LogP contribution in [-0.2, 0) is 24.0 Å². The Hall–Kier alpha value is -5.31. The van der Waals surface area contributed by atoms with Crippen molar-refractivity contribution in [2.45, 2.75) is 6.92 Å². The average Bonchev–Trinajstić information content (AvgIpc) is 3.40. The van der Waals surface area contributed by atoms with E-state index >= 15 is 0 Å². The second-order valence-corrected chi connectivity index (χ2v) is 7.60. The Kier molecular flexibility index (Phi) is 7.34. The van der Waals surface area contributed by atoms with Crippen LogP contribution in [0.3, 0.4) is 0 Å². The van der Waals surface area contributed by atoms with E-state index in [-0.39, 0.29) is 11.8 Å². The predicted molar refractivity (Wildman–Crippen MR) is 134 cm³/mol. The summed E-state index contributed by atoms with van der Waals surface area (Å²) in [5, 5.41) is 0. The van der Waals surface area contributed by atoms with Crippen LogP contribution in [0.2, 0.25) is 0 Å². The Balaban J connectivity index is 0.00000102. The first-order valence-electron chi connectivity index (χ1n) is 11.1. The first kappa shape index (κ1) is 24.8. The van der Waals surface area contributed by atoms with E-state index in [1.165, 1.54) is 31.2 Å². The number of rotatable bonds is 6. The van der Waals surface area contributed by atoms with E-state index in [1.807, 2.05) is 0 Å². The monoisotopic (exact) mass is 496 g/mol. The summed E-state index contributed by atoms with van der Waals surface area (Å²) in [7, 11) is 0.